The van der Waals surface area contributed by atoms with Gasteiger partial charge in [-0.3, -0.25) is 14.9 Å². The minimum atomic E-state index is -2.56. The lowest BCUT2D eigenvalue weighted by atomic mass is 10.1. The number of benzene rings is 1. The predicted molar refractivity (Wildman–Crippen MR) is 66.9 cm³/mol. The molecule has 1 aromatic rings. The highest BCUT2D eigenvalue weighted by atomic mass is 19.3. The van der Waals surface area contributed by atoms with Crippen molar-refractivity contribution >= 4 is 17.3 Å². The van der Waals surface area contributed by atoms with E-state index in [9.17, 15) is 23.7 Å². The molecule has 7 nitrogen and oxygen atoms in total. The number of rotatable bonds is 8. The maximum absolute atomic E-state index is 11.8. The molecule has 0 radical (unpaired) electrons. The number of alkyl halides is 2. The molecule has 0 aromatic heterocycles. The van der Waals surface area contributed by atoms with E-state index < -0.39 is 23.9 Å². The topological polar surface area (TPSA) is 107 Å². The first-order chi connectivity index (χ1) is 9.41. The molecule has 0 bridgehead atoms. The van der Waals surface area contributed by atoms with E-state index in [0.29, 0.717) is 0 Å². The van der Waals surface area contributed by atoms with Gasteiger partial charge in [-0.2, -0.15) is 0 Å². The van der Waals surface area contributed by atoms with Crippen LogP contribution in [0.2, 0.25) is 0 Å². The molecule has 0 spiro atoms. The van der Waals surface area contributed by atoms with Gasteiger partial charge >= 0.3 is 0 Å². The Kier molecular flexibility index (Phi) is 5.78. The minimum Gasteiger partial charge on any atom is -0.377 e. The van der Waals surface area contributed by atoms with Crippen molar-refractivity contribution in [3.63, 3.8) is 0 Å². The van der Waals surface area contributed by atoms with Crippen LogP contribution in [0, 0.1) is 10.1 Å². The highest BCUT2D eigenvalue weighted by molar-refractivity contribution is 5.94. The Bertz CT molecular complexity index is 497. The van der Waals surface area contributed by atoms with Crippen LogP contribution in [0.4, 0.5) is 20.2 Å². The Morgan fingerprint density at radius 2 is 2.20 bits per heavy atom. The minimum absolute atomic E-state index is 0.0104. The standard InChI is InChI=1S/C11H13F2N3O4/c12-10(13)6-20-4-3-15-8-2-1-7(11(14)17)5-9(8)16(18)19/h1-2,5,10,15H,3-4,6H2,(H2,14,17). The molecule has 0 saturated carbocycles. The Morgan fingerprint density at radius 1 is 1.50 bits per heavy atom. The van der Waals surface area contributed by atoms with Crippen LogP contribution in [0.15, 0.2) is 18.2 Å². The lowest BCUT2D eigenvalue weighted by Crippen LogP contribution is -2.15. The summed E-state index contributed by atoms with van der Waals surface area (Å²) < 4.78 is 28.2. The second-order valence-corrected chi connectivity index (χ2v) is 3.75. The number of nitrogens with zero attached hydrogens (tertiary/aromatic N) is 1. The van der Waals surface area contributed by atoms with Gasteiger partial charge in [0.25, 0.3) is 12.1 Å². The van der Waals surface area contributed by atoms with Crippen molar-refractivity contribution in [1.82, 2.24) is 0 Å². The molecule has 0 fully saturated rings. The summed E-state index contributed by atoms with van der Waals surface area (Å²) in [6.45, 7) is -0.604. The van der Waals surface area contributed by atoms with Crippen molar-refractivity contribution in [2.24, 2.45) is 5.73 Å². The summed E-state index contributed by atoms with van der Waals surface area (Å²) in [5.74, 6) is -0.778. The number of hydrogen-bond donors (Lipinski definition) is 2. The number of nitrogens with two attached hydrogens (primary N) is 1. The van der Waals surface area contributed by atoms with Crippen LogP contribution in [0.25, 0.3) is 0 Å². The first kappa shape index (κ1) is 15.8. The Balaban J connectivity index is 2.65. The number of carbonyl (C=O) groups is 1. The Labute approximate surface area is 112 Å². The van der Waals surface area contributed by atoms with E-state index in [1.54, 1.807) is 0 Å². The molecule has 1 amide bonds. The van der Waals surface area contributed by atoms with Crippen LogP contribution in [0.5, 0.6) is 0 Å². The molecular weight excluding hydrogens is 276 g/mol. The van der Waals surface area contributed by atoms with Crippen molar-refractivity contribution in [2.75, 3.05) is 25.1 Å². The largest absolute Gasteiger partial charge is 0.377 e. The first-order valence-corrected chi connectivity index (χ1v) is 5.60. The lowest BCUT2D eigenvalue weighted by Gasteiger charge is -2.08. The molecule has 0 aliphatic carbocycles. The lowest BCUT2D eigenvalue weighted by molar-refractivity contribution is -0.384. The van der Waals surface area contributed by atoms with Gasteiger partial charge in [-0.25, -0.2) is 8.78 Å². The quantitative estimate of drug-likeness (QED) is 0.427. The zero-order chi connectivity index (χ0) is 15.1. The maximum atomic E-state index is 11.8. The number of nitro benzene ring substituents is 1. The summed E-state index contributed by atoms with van der Waals surface area (Å²) in [6, 6.07) is 3.70. The fraction of sp³-hybridized carbons (Fsp3) is 0.364. The average molecular weight is 289 g/mol. The van der Waals surface area contributed by atoms with Crippen LogP contribution in [-0.4, -0.2) is 37.0 Å². The van der Waals surface area contributed by atoms with Crippen molar-refractivity contribution in [3.05, 3.63) is 33.9 Å². The van der Waals surface area contributed by atoms with E-state index in [-0.39, 0.29) is 30.1 Å². The molecule has 0 atom stereocenters. The predicted octanol–water partition coefficient (Wildman–Crippen LogP) is 1.39. The molecule has 0 heterocycles. The molecule has 0 unspecified atom stereocenters. The summed E-state index contributed by atoms with van der Waals surface area (Å²) in [7, 11) is 0. The number of nitro groups is 1. The number of carbonyl (C=O) groups excluding carboxylic acids is 1. The van der Waals surface area contributed by atoms with Crippen molar-refractivity contribution < 1.29 is 23.2 Å². The van der Waals surface area contributed by atoms with Gasteiger partial charge in [-0.15, -0.1) is 0 Å². The van der Waals surface area contributed by atoms with Crippen LogP contribution < -0.4 is 11.1 Å². The van der Waals surface area contributed by atoms with E-state index in [0.717, 1.165) is 6.07 Å². The summed E-state index contributed by atoms with van der Waals surface area (Å²) in [4.78, 5) is 21.1. The Hall–Kier alpha value is -2.29. The number of nitrogens with one attached hydrogen (secondary N) is 1. The van der Waals surface area contributed by atoms with Crippen LogP contribution in [0.3, 0.4) is 0 Å². The van der Waals surface area contributed by atoms with Crippen LogP contribution >= 0.6 is 0 Å². The van der Waals surface area contributed by atoms with Crippen molar-refractivity contribution in [3.8, 4) is 0 Å². The molecule has 3 N–H and O–H groups in total. The van der Waals surface area contributed by atoms with E-state index >= 15 is 0 Å². The second kappa shape index (κ2) is 7.34. The van der Waals surface area contributed by atoms with E-state index in [1.807, 2.05) is 0 Å². The van der Waals surface area contributed by atoms with Crippen LogP contribution in [-0.2, 0) is 4.74 Å². The van der Waals surface area contributed by atoms with Gasteiger partial charge < -0.3 is 15.8 Å². The molecule has 0 aliphatic rings. The number of ether oxygens (including phenoxy) is 1. The van der Waals surface area contributed by atoms with E-state index in [1.165, 1.54) is 12.1 Å². The smallest absolute Gasteiger partial charge is 0.293 e. The van der Waals surface area contributed by atoms with E-state index in [4.69, 9.17) is 5.73 Å². The average Bonchev–Trinajstić information content (AvgIpc) is 2.37. The number of halogens is 2. The summed E-state index contributed by atoms with van der Waals surface area (Å²) in [6.07, 6.45) is -2.56. The molecule has 0 aliphatic heterocycles. The first-order valence-electron chi connectivity index (χ1n) is 5.60. The summed E-state index contributed by atoms with van der Waals surface area (Å²) in [5.41, 5.74) is 4.87. The van der Waals surface area contributed by atoms with Gasteiger partial charge in [0.2, 0.25) is 5.91 Å². The molecule has 9 heteroatoms. The third-order valence-corrected chi connectivity index (χ3v) is 2.28. The highest BCUT2D eigenvalue weighted by Crippen LogP contribution is 2.25. The molecule has 110 valence electrons. The third-order valence-electron chi connectivity index (χ3n) is 2.28. The molecular formula is C11H13F2N3O4. The number of primary amides is 1. The van der Waals surface area contributed by atoms with E-state index in [2.05, 4.69) is 10.1 Å². The normalized spacial score (nSPS) is 10.6. The van der Waals surface area contributed by atoms with Gasteiger partial charge in [0.05, 0.1) is 11.5 Å². The number of anilines is 1. The zero-order valence-electron chi connectivity index (χ0n) is 10.3. The van der Waals surface area contributed by atoms with Crippen LogP contribution in [0.1, 0.15) is 10.4 Å². The molecule has 0 saturated heterocycles. The maximum Gasteiger partial charge on any atom is 0.293 e. The van der Waals surface area contributed by atoms with Gasteiger partial charge in [-0.05, 0) is 12.1 Å². The SMILES string of the molecule is NC(=O)c1ccc(NCCOCC(F)F)c([N+](=O)[O-])c1. The second-order valence-electron chi connectivity index (χ2n) is 3.75. The van der Waals surface area contributed by atoms with Crippen molar-refractivity contribution in [1.29, 1.82) is 0 Å². The molecule has 20 heavy (non-hydrogen) atoms. The summed E-state index contributed by atoms with van der Waals surface area (Å²) >= 11 is 0. The number of hydrogen-bond acceptors (Lipinski definition) is 5. The zero-order valence-corrected chi connectivity index (χ0v) is 10.3. The van der Waals surface area contributed by atoms with Gasteiger partial charge in [0, 0.05) is 18.2 Å². The third kappa shape index (κ3) is 4.76. The monoisotopic (exact) mass is 289 g/mol. The summed E-state index contributed by atoms with van der Waals surface area (Å²) in [5, 5.41) is 13.5. The number of amides is 1. The van der Waals surface area contributed by atoms with Gasteiger partial charge in [0.15, 0.2) is 0 Å². The van der Waals surface area contributed by atoms with Gasteiger partial charge in [0.1, 0.15) is 12.3 Å². The highest BCUT2D eigenvalue weighted by Gasteiger charge is 2.16. The fourth-order valence-electron chi connectivity index (χ4n) is 1.42. The van der Waals surface area contributed by atoms with Crippen molar-refractivity contribution in [2.45, 2.75) is 6.43 Å². The van der Waals surface area contributed by atoms with Gasteiger partial charge in [-0.1, -0.05) is 0 Å². The Morgan fingerprint density at radius 3 is 2.75 bits per heavy atom. The molecule has 1 rings (SSSR count). The molecule has 1 aromatic carbocycles. The fourth-order valence-corrected chi connectivity index (χ4v) is 1.42.